The molecule has 0 aliphatic rings. The Bertz CT molecular complexity index is 714. The average Bonchev–Trinajstić information content (AvgIpc) is 3.02. The number of furan rings is 1. The van der Waals surface area contributed by atoms with E-state index in [4.69, 9.17) is 4.74 Å². The molecular formula is C13H11NO6S. The molecule has 0 amide bonds. The molecule has 2 rings (SSSR count). The summed E-state index contributed by atoms with van der Waals surface area (Å²) in [6.45, 7) is 3.25. The summed E-state index contributed by atoms with van der Waals surface area (Å²) in [5.74, 6) is -2.11. The number of ketones is 1. The van der Waals surface area contributed by atoms with E-state index in [0.717, 1.165) is 21.9 Å². The van der Waals surface area contributed by atoms with Crippen molar-refractivity contribution >= 4 is 29.0 Å². The second-order valence-electron chi connectivity index (χ2n) is 4.22. The zero-order valence-corrected chi connectivity index (χ0v) is 12.1. The smallest absolute Gasteiger partial charge is 0.433 e. The van der Waals surface area contributed by atoms with Gasteiger partial charge in [-0.3, -0.25) is 14.9 Å². The van der Waals surface area contributed by atoms with Crippen molar-refractivity contribution in [2.45, 2.75) is 13.8 Å². The number of ether oxygens (including phenoxy) is 1. The van der Waals surface area contributed by atoms with Crippen molar-refractivity contribution < 1.29 is 23.7 Å². The number of nitro groups is 1. The number of hydrogen-bond acceptors (Lipinski definition) is 7. The van der Waals surface area contributed by atoms with Gasteiger partial charge in [0.25, 0.3) is 0 Å². The monoisotopic (exact) mass is 309 g/mol. The van der Waals surface area contributed by atoms with Crippen LogP contribution in [0.3, 0.4) is 0 Å². The lowest BCUT2D eigenvalue weighted by Crippen LogP contribution is -2.14. The minimum Gasteiger partial charge on any atom is -0.451 e. The van der Waals surface area contributed by atoms with Gasteiger partial charge in [-0.15, -0.1) is 11.3 Å². The molecule has 0 saturated heterocycles. The highest BCUT2D eigenvalue weighted by atomic mass is 32.1. The Labute approximate surface area is 123 Å². The van der Waals surface area contributed by atoms with Crippen molar-refractivity contribution in [3.05, 3.63) is 49.4 Å². The minimum atomic E-state index is -0.916. The van der Waals surface area contributed by atoms with Gasteiger partial charge in [0.05, 0.1) is 6.07 Å². The van der Waals surface area contributed by atoms with Crippen LogP contribution < -0.4 is 0 Å². The first-order valence-electron chi connectivity index (χ1n) is 5.90. The number of nitrogens with zero attached hydrogens (tertiary/aromatic N) is 1. The molecule has 0 atom stereocenters. The lowest BCUT2D eigenvalue weighted by Gasteiger charge is -2.01. The fourth-order valence-electron chi connectivity index (χ4n) is 1.72. The molecule has 0 fully saturated rings. The van der Waals surface area contributed by atoms with E-state index in [0.29, 0.717) is 5.56 Å². The predicted molar refractivity (Wildman–Crippen MR) is 73.8 cm³/mol. The van der Waals surface area contributed by atoms with Crippen LogP contribution in [0.15, 0.2) is 22.6 Å². The first kappa shape index (κ1) is 14.9. The van der Waals surface area contributed by atoms with E-state index in [1.165, 1.54) is 11.3 Å². The maximum absolute atomic E-state index is 11.9. The van der Waals surface area contributed by atoms with Gasteiger partial charge in [-0.05, 0) is 26.0 Å². The zero-order valence-electron chi connectivity index (χ0n) is 11.2. The molecule has 0 spiro atoms. The summed E-state index contributed by atoms with van der Waals surface area (Å²) in [5.41, 5.74) is 0.510. The van der Waals surface area contributed by atoms with E-state index in [1.807, 2.05) is 13.8 Å². The molecule has 2 aromatic rings. The summed E-state index contributed by atoms with van der Waals surface area (Å²) in [4.78, 5) is 35.0. The van der Waals surface area contributed by atoms with Crippen LogP contribution in [0.5, 0.6) is 0 Å². The second-order valence-corrected chi connectivity index (χ2v) is 5.68. The molecule has 8 heteroatoms. The highest BCUT2D eigenvalue weighted by Gasteiger charge is 2.20. The second kappa shape index (κ2) is 5.88. The van der Waals surface area contributed by atoms with Crippen molar-refractivity contribution in [1.82, 2.24) is 0 Å². The zero-order chi connectivity index (χ0) is 15.6. The van der Waals surface area contributed by atoms with Crippen LogP contribution >= 0.6 is 11.3 Å². The maximum atomic E-state index is 11.9. The highest BCUT2D eigenvalue weighted by molar-refractivity contribution is 7.12. The molecule has 7 nitrogen and oxygen atoms in total. The van der Waals surface area contributed by atoms with Gasteiger partial charge in [0.2, 0.25) is 11.5 Å². The molecule has 0 aliphatic heterocycles. The molecule has 0 unspecified atom stereocenters. The molecule has 0 saturated carbocycles. The molecule has 0 aliphatic carbocycles. The van der Waals surface area contributed by atoms with Crippen molar-refractivity contribution in [2.24, 2.45) is 0 Å². The van der Waals surface area contributed by atoms with Crippen LogP contribution in [-0.4, -0.2) is 23.3 Å². The Morgan fingerprint density at radius 2 is 2.10 bits per heavy atom. The first-order chi connectivity index (χ1) is 9.88. The fraction of sp³-hybridized carbons (Fsp3) is 0.231. The Kier molecular flexibility index (Phi) is 4.18. The number of hydrogen-bond donors (Lipinski definition) is 0. The molecule has 0 N–H and O–H groups in total. The number of carbonyl (C=O) groups excluding carboxylic acids is 2. The summed E-state index contributed by atoms with van der Waals surface area (Å²) in [7, 11) is 0. The SMILES string of the molecule is Cc1cc(C(=O)COC(=O)c2ccc([N+](=O)[O-])o2)c(C)s1. The molecule has 0 bridgehead atoms. The molecule has 2 aromatic heterocycles. The van der Waals surface area contributed by atoms with Gasteiger partial charge in [-0.25, -0.2) is 4.79 Å². The fourth-order valence-corrected chi connectivity index (χ4v) is 2.67. The van der Waals surface area contributed by atoms with Gasteiger partial charge in [0, 0.05) is 15.3 Å². The van der Waals surface area contributed by atoms with Crippen molar-refractivity contribution in [3.8, 4) is 0 Å². The summed E-state index contributed by atoms with van der Waals surface area (Å²) in [6, 6.07) is 3.91. The number of aryl methyl sites for hydroxylation is 2. The topological polar surface area (TPSA) is 99.7 Å². The molecule has 21 heavy (non-hydrogen) atoms. The van der Waals surface area contributed by atoms with Crippen LogP contribution in [0.25, 0.3) is 0 Å². The Morgan fingerprint density at radius 3 is 2.62 bits per heavy atom. The van der Waals surface area contributed by atoms with Gasteiger partial charge < -0.3 is 9.15 Å². The quantitative estimate of drug-likeness (QED) is 0.364. The number of thiophene rings is 1. The van der Waals surface area contributed by atoms with Crippen LogP contribution in [0.2, 0.25) is 0 Å². The number of Topliss-reactive ketones (excluding diaryl/α,β-unsaturated/α-hetero) is 1. The van der Waals surface area contributed by atoms with E-state index in [9.17, 15) is 19.7 Å². The van der Waals surface area contributed by atoms with Crippen LogP contribution in [0.4, 0.5) is 5.88 Å². The first-order valence-corrected chi connectivity index (χ1v) is 6.71. The van der Waals surface area contributed by atoms with Gasteiger partial charge in [-0.2, -0.15) is 0 Å². The van der Waals surface area contributed by atoms with Gasteiger partial charge in [0.1, 0.15) is 4.92 Å². The van der Waals surface area contributed by atoms with E-state index < -0.39 is 23.4 Å². The lowest BCUT2D eigenvalue weighted by atomic mass is 10.2. The predicted octanol–water partition coefficient (Wildman–Crippen LogP) is 2.91. The largest absolute Gasteiger partial charge is 0.451 e. The van der Waals surface area contributed by atoms with Crippen LogP contribution in [0.1, 0.15) is 30.7 Å². The van der Waals surface area contributed by atoms with Crippen molar-refractivity contribution in [1.29, 1.82) is 0 Å². The molecule has 110 valence electrons. The van der Waals surface area contributed by atoms with E-state index in [-0.39, 0.29) is 11.5 Å². The van der Waals surface area contributed by atoms with Gasteiger partial charge in [0.15, 0.2) is 6.61 Å². The van der Waals surface area contributed by atoms with E-state index >= 15 is 0 Å². The van der Waals surface area contributed by atoms with Crippen LogP contribution in [-0.2, 0) is 4.74 Å². The Morgan fingerprint density at radius 1 is 1.38 bits per heavy atom. The van der Waals surface area contributed by atoms with Gasteiger partial charge >= 0.3 is 11.9 Å². The summed E-state index contributed by atoms with van der Waals surface area (Å²) in [5, 5.41) is 10.4. The Hall–Kier alpha value is -2.48. The molecular weight excluding hydrogens is 298 g/mol. The Balaban J connectivity index is 1.99. The third kappa shape index (κ3) is 3.34. The average molecular weight is 309 g/mol. The lowest BCUT2D eigenvalue weighted by molar-refractivity contribution is -0.402. The molecule has 0 radical (unpaired) electrons. The van der Waals surface area contributed by atoms with Crippen LogP contribution in [0, 0.1) is 24.0 Å². The maximum Gasteiger partial charge on any atom is 0.433 e. The molecule has 2 heterocycles. The van der Waals surface area contributed by atoms with Crippen molar-refractivity contribution in [2.75, 3.05) is 6.61 Å². The normalized spacial score (nSPS) is 10.4. The number of carbonyl (C=O) groups is 2. The van der Waals surface area contributed by atoms with E-state index in [2.05, 4.69) is 4.42 Å². The minimum absolute atomic E-state index is 0.312. The van der Waals surface area contributed by atoms with E-state index in [1.54, 1.807) is 6.07 Å². The van der Waals surface area contributed by atoms with Crippen molar-refractivity contribution in [3.63, 3.8) is 0 Å². The summed E-state index contributed by atoms with van der Waals surface area (Å²) < 4.78 is 9.49. The number of rotatable bonds is 5. The standard InChI is InChI=1S/C13H11NO6S/c1-7-5-9(8(2)21-7)10(15)6-19-13(16)11-3-4-12(20-11)14(17)18/h3-5H,6H2,1-2H3. The third-order valence-corrected chi connectivity index (χ3v) is 3.61. The highest BCUT2D eigenvalue weighted by Crippen LogP contribution is 2.21. The summed E-state index contributed by atoms with van der Waals surface area (Å²) in [6.07, 6.45) is 0. The number of esters is 1. The molecule has 0 aromatic carbocycles. The summed E-state index contributed by atoms with van der Waals surface area (Å²) >= 11 is 1.48. The third-order valence-electron chi connectivity index (χ3n) is 2.65. The van der Waals surface area contributed by atoms with Gasteiger partial charge in [-0.1, -0.05) is 0 Å².